The Balaban J connectivity index is 1.34. The van der Waals surface area contributed by atoms with Crippen molar-refractivity contribution in [3.8, 4) is 0 Å². The number of hydrogen-bond acceptors (Lipinski definition) is 2. The van der Waals surface area contributed by atoms with Crippen LogP contribution in [0, 0.1) is 29.0 Å². The molecule has 0 radical (unpaired) electrons. The number of anilines is 1. The third-order valence-corrected chi connectivity index (χ3v) is 6.42. The number of halogens is 2. The fourth-order valence-corrected chi connectivity index (χ4v) is 5.70. The predicted octanol–water partition coefficient (Wildman–Crippen LogP) is 3.75. The first-order chi connectivity index (χ1) is 11.9. The lowest BCUT2D eigenvalue weighted by Crippen LogP contribution is -2.54. The molecular formula is C19H22ClFN2O2. The van der Waals surface area contributed by atoms with Crippen LogP contribution in [0.3, 0.4) is 0 Å². The molecule has 5 rings (SSSR count). The van der Waals surface area contributed by atoms with Crippen molar-refractivity contribution in [2.24, 2.45) is 23.2 Å². The van der Waals surface area contributed by atoms with Crippen molar-refractivity contribution in [3.63, 3.8) is 0 Å². The molecule has 0 saturated heterocycles. The van der Waals surface area contributed by atoms with Gasteiger partial charge in [-0.25, -0.2) is 4.39 Å². The third-order valence-electron chi connectivity index (χ3n) is 6.13. The van der Waals surface area contributed by atoms with E-state index in [1.807, 2.05) is 0 Å². The summed E-state index contributed by atoms with van der Waals surface area (Å²) in [6.45, 7) is -0.0738. The number of nitrogens with one attached hydrogen (secondary N) is 2. The Morgan fingerprint density at radius 2 is 1.72 bits per heavy atom. The molecule has 4 fully saturated rings. The van der Waals surface area contributed by atoms with Crippen LogP contribution in [0.4, 0.5) is 10.1 Å². The third kappa shape index (κ3) is 3.26. The monoisotopic (exact) mass is 364 g/mol. The largest absolute Gasteiger partial charge is 0.347 e. The van der Waals surface area contributed by atoms with E-state index in [0.29, 0.717) is 23.4 Å². The average Bonchev–Trinajstić information content (AvgIpc) is 2.55. The summed E-state index contributed by atoms with van der Waals surface area (Å²) in [5.74, 6) is 1.22. The van der Waals surface area contributed by atoms with E-state index in [2.05, 4.69) is 10.6 Å². The van der Waals surface area contributed by atoms with Crippen LogP contribution in [-0.4, -0.2) is 18.4 Å². The van der Waals surface area contributed by atoms with E-state index < -0.39 is 5.82 Å². The molecule has 2 amide bonds. The van der Waals surface area contributed by atoms with Crippen molar-refractivity contribution in [2.75, 3.05) is 11.9 Å². The summed E-state index contributed by atoms with van der Waals surface area (Å²) < 4.78 is 13.1. The second kappa shape index (κ2) is 6.27. The standard InChI is InChI=1S/C19H22ClFN2O2/c20-15-6-14(1-2-16(15)21)23-17(24)10-22-18(25)19-7-11-3-12(8-19)5-13(4-11)9-19/h1-2,6,11-13H,3-5,7-10H2,(H,22,25)(H,23,24). The molecular weight excluding hydrogens is 343 g/mol. The lowest BCUT2D eigenvalue weighted by Gasteiger charge is -2.55. The Hall–Kier alpha value is -1.62. The lowest BCUT2D eigenvalue weighted by molar-refractivity contribution is -0.146. The van der Waals surface area contributed by atoms with Crippen LogP contribution in [0.2, 0.25) is 5.02 Å². The van der Waals surface area contributed by atoms with Gasteiger partial charge in [-0.15, -0.1) is 0 Å². The van der Waals surface area contributed by atoms with Crippen molar-refractivity contribution < 1.29 is 14.0 Å². The van der Waals surface area contributed by atoms with Gasteiger partial charge in [0.2, 0.25) is 11.8 Å². The molecule has 0 aliphatic heterocycles. The first kappa shape index (κ1) is 16.8. The zero-order chi connectivity index (χ0) is 17.6. The number of carbonyl (C=O) groups is 2. The zero-order valence-electron chi connectivity index (χ0n) is 14.0. The maximum absolute atomic E-state index is 13.1. The van der Waals surface area contributed by atoms with Gasteiger partial charge in [-0.1, -0.05) is 11.6 Å². The normalized spacial score (nSPS) is 32.5. The summed E-state index contributed by atoms with van der Waals surface area (Å²) >= 11 is 5.71. The van der Waals surface area contributed by atoms with Gasteiger partial charge in [0, 0.05) is 11.1 Å². The second-order valence-corrected chi connectivity index (χ2v) is 8.46. The highest BCUT2D eigenvalue weighted by molar-refractivity contribution is 6.31. The molecule has 4 bridgehead atoms. The molecule has 4 saturated carbocycles. The first-order valence-electron chi connectivity index (χ1n) is 8.97. The molecule has 4 aliphatic rings. The molecule has 0 atom stereocenters. The molecule has 0 heterocycles. The molecule has 134 valence electrons. The molecule has 1 aromatic carbocycles. The summed E-state index contributed by atoms with van der Waals surface area (Å²) in [5.41, 5.74) is 0.161. The van der Waals surface area contributed by atoms with Crippen LogP contribution in [0.5, 0.6) is 0 Å². The molecule has 2 N–H and O–H groups in total. The Bertz CT molecular complexity index is 686. The summed E-state index contributed by atoms with van der Waals surface area (Å²) in [4.78, 5) is 24.9. The highest BCUT2D eigenvalue weighted by Crippen LogP contribution is 2.60. The Morgan fingerprint density at radius 1 is 1.12 bits per heavy atom. The van der Waals surface area contributed by atoms with Crippen LogP contribution in [0.25, 0.3) is 0 Å². The van der Waals surface area contributed by atoms with E-state index >= 15 is 0 Å². The minimum absolute atomic E-state index is 0.0267. The Morgan fingerprint density at radius 3 is 2.28 bits per heavy atom. The molecule has 25 heavy (non-hydrogen) atoms. The molecule has 0 unspecified atom stereocenters. The van der Waals surface area contributed by atoms with Gasteiger partial charge in [0.15, 0.2) is 0 Å². The first-order valence-corrected chi connectivity index (χ1v) is 9.34. The lowest BCUT2D eigenvalue weighted by atomic mass is 9.49. The van der Waals surface area contributed by atoms with Crippen LogP contribution >= 0.6 is 11.6 Å². The van der Waals surface area contributed by atoms with Gasteiger partial charge in [0.1, 0.15) is 5.82 Å². The molecule has 0 spiro atoms. The minimum Gasteiger partial charge on any atom is -0.347 e. The molecule has 0 aromatic heterocycles. The smallest absolute Gasteiger partial charge is 0.243 e. The quantitative estimate of drug-likeness (QED) is 0.854. The second-order valence-electron chi connectivity index (χ2n) is 8.06. The highest BCUT2D eigenvalue weighted by Gasteiger charge is 2.54. The van der Waals surface area contributed by atoms with Gasteiger partial charge >= 0.3 is 0 Å². The number of rotatable bonds is 4. The molecule has 4 nitrogen and oxygen atoms in total. The highest BCUT2D eigenvalue weighted by atomic mass is 35.5. The van der Waals surface area contributed by atoms with E-state index in [1.54, 1.807) is 0 Å². The van der Waals surface area contributed by atoms with Gasteiger partial charge in [-0.3, -0.25) is 9.59 Å². The maximum atomic E-state index is 13.1. The summed E-state index contributed by atoms with van der Waals surface area (Å²) in [6.07, 6.45) is 6.75. The summed E-state index contributed by atoms with van der Waals surface area (Å²) in [6, 6.07) is 4.00. The Kier molecular flexibility index (Phi) is 4.22. The van der Waals surface area contributed by atoms with Crippen molar-refractivity contribution >= 4 is 29.1 Å². The predicted molar refractivity (Wildman–Crippen MR) is 93.7 cm³/mol. The van der Waals surface area contributed by atoms with Crippen LogP contribution in [-0.2, 0) is 9.59 Å². The molecule has 4 aliphatic carbocycles. The van der Waals surface area contributed by atoms with Gasteiger partial charge in [0.25, 0.3) is 0 Å². The van der Waals surface area contributed by atoms with E-state index in [0.717, 1.165) is 19.3 Å². The number of benzene rings is 1. The van der Waals surface area contributed by atoms with Crippen LogP contribution < -0.4 is 10.6 Å². The minimum atomic E-state index is -0.533. The maximum Gasteiger partial charge on any atom is 0.243 e. The molecule has 1 aromatic rings. The van der Waals surface area contributed by atoms with E-state index in [9.17, 15) is 14.0 Å². The van der Waals surface area contributed by atoms with Gasteiger partial charge < -0.3 is 10.6 Å². The van der Waals surface area contributed by atoms with Gasteiger partial charge in [-0.05, 0) is 74.5 Å². The van der Waals surface area contributed by atoms with Crippen molar-refractivity contribution in [3.05, 3.63) is 29.0 Å². The molecule has 6 heteroatoms. The Labute approximate surface area is 151 Å². The zero-order valence-corrected chi connectivity index (χ0v) is 14.7. The van der Waals surface area contributed by atoms with Crippen LogP contribution in [0.15, 0.2) is 18.2 Å². The number of carbonyl (C=O) groups excluding carboxylic acids is 2. The van der Waals surface area contributed by atoms with Crippen molar-refractivity contribution in [1.82, 2.24) is 5.32 Å². The summed E-state index contributed by atoms with van der Waals surface area (Å²) in [5, 5.41) is 5.42. The van der Waals surface area contributed by atoms with E-state index in [-0.39, 0.29) is 28.8 Å². The van der Waals surface area contributed by atoms with Gasteiger partial charge in [0.05, 0.1) is 11.6 Å². The SMILES string of the molecule is O=C(CNC(=O)C12CC3CC(CC(C3)C1)C2)Nc1ccc(F)c(Cl)c1. The number of hydrogen-bond donors (Lipinski definition) is 2. The van der Waals surface area contributed by atoms with E-state index in [1.165, 1.54) is 37.5 Å². The average molecular weight is 365 g/mol. The van der Waals surface area contributed by atoms with Crippen molar-refractivity contribution in [1.29, 1.82) is 0 Å². The fraction of sp³-hybridized carbons (Fsp3) is 0.579. The number of amides is 2. The van der Waals surface area contributed by atoms with Crippen molar-refractivity contribution in [2.45, 2.75) is 38.5 Å². The van der Waals surface area contributed by atoms with Crippen LogP contribution in [0.1, 0.15) is 38.5 Å². The fourth-order valence-electron chi connectivity index (χ4n) is 5.52. The summed E-state index contributed by atoms with van der Waals surface area (Å²) in [7, 11) is 0. The topological polar surface area (TPSA) is 58.2 Å². The van der Waals surface area contributed by atoms with Gasteiger partial charge in [-0.2, -0.15) is 0 Å². The van der Waals surface area contributed by atoms with E-state index in [4.69, 9.17) is 11.6 Å².